The van der Waals surface area contributed by atoms with Gasteiger partial charge in [0.25, 0.3) is 0 Å². The fourth-order valence-electron chi connectivity index (χ4n) is 9.01. The van der Waals surface area contributed by atoms with Crippen LogP contribution in [-0.2, 0) is 9.59 Å². The third kappa shape index (κ3) is 2.47. The van der Waals surface area contributed by atoms with Crippen molar-refractivity contribution in [3.05, 3.63) is 34.6 Å². The molecule has 0 heterocycles. The first-order valence-corrected chi connectivity index (χ1v) is 12.3. The van der Waals surface area contributed by atoms with Crippen LogP contribution < -0.4 is 0 Å². The summed E-state index contributed by atoms with van der Waals surface area (Å²) in [4.78, 5) is 26.4. The molecule has 0 spiro atoms. The fraction of sp³-hybridized carbons (Fsp3) is 0.714. The lowest BCUT2D eigenvalue weighted by Crippen LogP contribution is -2.65. The molecule has 5 aliphatic carbocycles. The van der Waals surface area contributed by atoms with Gasteiger partial charge in [0.15, 0.2) is 11.5 Å². The van der Waals surface area contributed by atoms with Crippen molar-refractivity contribution in [3.8, 4) is 0 Å². The van der Waals surface area contributed by atoms with Crippen molar-refractivity contribution in [1.82, 2.24) is 0 Å². The number of fused-ring (bicyclic) bond motifs is 7. The summed E-state index contributed by atoms with van der Waals surface area (Å²) in [5.74, 6) is 0.996. The summed E-state index contributed by atoms with van der Waals surface area (Å²) in [6.07, 6.45) is 11.6. The van der Waals surface area contributed by atoms with E-state index in [-0.39, 0.29) is 39.5 Å². The molecule has 3 saturated carbocycles. The van der Waals surface area contributed by atoms with Crippen LogP contribution in [0.3, 0.4) is 0 Å². The first kappa shape index (κ1) is 21.2. The van der Waals surface area contributed by atoms with Gasteiger partial charge in [-0.05, 0) is 96.8 Å². The number of carbonyl (C=O) groups excluding carboxylic acids is 2. The van der Waals surface area contributed by atoms with Crippen LogP contribution in [0.5, 0.6) is 0 Å². The van der Waals surface area contributed by atoms with E-state index in [1.165, 1.54) is 25.7 Å². The van der Waals surface area contributed by atoms with E-state index in [1.807, 2.05) is 0 Å². The Morgan fingerprint density at radius 1 is 0.935 bits per heavy atom. The van der Waals surface area contributed by atoms with Gasteiger partial charge in [-0.15, -0.1) is 0 Å². The second-order valence-electron chi connectivity index (χ2n) is 12.6. The number of carbonyl (C=O) groups is 2. The number of aliphatic hydroxyl groups is 1. The van der Waals surface area contributed by atoms with Crippen molar-refractivity contribution in [2.24, 2.45) is 39.4 Å². The fourth-order valence-corrected chi connectivity index (χ4v) is 9.01. The Hall–Kier alpha value is -1.64. The van der Waals surface area contributed by atoms with Gasteiger partial charge >= 0.3 is 0 Å². The predicted octanol–water partition coefficient (Wildman–Crippen LogP) is 6.50. The highest BCUT2D eigenvalue weighted by molar-refractivity contribution is 6.09. The van der Waals surface area contributed by atoms with E-state index in [0.29, 0.717) is 16.9 Å². The van der Waals surface area contributed by atoms with Gasteiger partial charge in [-0.25, -0.2) is 0 Å². The Balaban J connectivity index is 1.66. The number of hydrogen-bond donors (Lipinski definition) is 1. The third-order valence-electron chi connectivity index (χ3n) is 11.2. The third-order valence-corrected chi connectivity index (χ3v) is 11.2. The SMILES string of the molecule is CC1=C(O)C(=O)C=C2C1=CC(=O)[C@H]1[C@@]2(C)CC[C@@]2(C)[C@@H]3C[C@@H](C)CC[C@]3(C)CC[C@]12C. The lowest BCUT2D eigenvalue weighted by atomic mass is 9.33. The molecule has 0 aromatic heterocycles. The van der Waals surface area contributed by atoms with Gasteiger partial charge in [0.1, 0.15) is 0 Å². The van der Waals surface area contributed by atoms with Gasteiger partial charge in [-0.2, -0.15) is 0 Å². The van der Waals surface area contributed by atoms with Crippen LogP contribution >= 0.6 is 0 Å². The Kier molecular flexibility index (Phi) is 4.27. The monoisotopic (exact) mass is 422 g/mol. The maximum absolute atomic E-state index is 13.8. The van der Waals surface area contributed by atoms with Crippen LogP contribution in [0.4, 0.5) is 0 Å². The molecule has 1 N–H and O–H groups in total. The Bertz CT molecular complexity index is 982. The van der Waals surface area contributed by atoms with Crippen molar-refractivity contribution in [2.75, 3.05) is 0 Å². The van der Waals surface area contributed by atoms with Gasteiger partial charge in [-0.3, -0.25) is 9.59 Å². The second-order valence-corrected chi connectivity index (χ2v) is 12.6. The standard InChI is InChI=1S/C28H38O3/c1-16-7-8-25(3)9-11-28(6)24-21(30)14-18-17(2)23(31)20(29)15-19(18)26(24,4)10-12-27(28,5)22(25)13-16/h14-16,22,24,31H,7-13H2,1-6H3/t16-,22+,24-,25+,26-,27-,28+/m0/s1. The molecule has 0 aliphatic heterocycles. The van der Waals surface area contributed by atoms with Gasteiger partial charge in [0, 0.05) is 16.9 Å². The molecular weight excluding hydrogens is 384 g/mol. The molecular formula is C28H38O3. The average Bonchev–Trinajstić information content (AvgIpc) is 2.71. The molecule has 0 aromatic carbocycles. The number of hydrogen-bond acceptors (Lipinski definition) is 3. The molecule has 0 radical (unpaired) electrons. The normalized spacial score (nSPS) is 49.4. The topological polar surface area (TPSA) is 54.4 Å². The summed E-state index contributed by atoms with van der Waals surface area (Å²) in [6.45, 7) is 13.8. The molecule has 7 atom stereocenters. The molecule has 0 unspecified atom stereocenters. The van der Waals surface area contributed by atoms with Crippen LogP contribution in [0, 0.1) is 39.4 Å². The van der Waals surface area contributed by atoms with Crippen LogP contribution in [0.1, 0.15) is 86.5 Å². The summed E-state index contributed by atoms with van der Waals surface area (Å²) in [5, 5.41) is 10.2. The van der Waals surface area contributed by atoms with Crippen LogP contribution in [-0.4, -0.2) is 16.7 Å². The largest absolute Gasteiger partial charge is 0.504 e. The van der Waals surface area contributed by atoms with Crippen LogP contribution in [0.25, 0.3) is 0 Å². The minimum Gasteiger partial charge on any atom is -0.504 e. The zero-order valence-corrected chi connectivity index (χ0v) is 20.1. The first-order chi connectivity index (χ1) is 14.4. The molecule has 3 nitrogen and oxygen atoms in total. The van der Waals surface area contributed by atoms with E-state index >= 15 is 0 Å². The molecule has 3 fully saturated rings. The summed E-state index contributed by atoms with van der Waals surface area (Å²) in [7, 11) is 0. The molecule has 168 valence electrons. The molecule has 31 heavy (non-hydrogen) atoms. The highest BCUT2D eigenvalue weighted by Gasteiger charge is 2.69. The summed E-state index contributed by atoms with van der Waals surface area (Å²) in [6, 6.07) is 0. The molecule has 0 bridgehead atoms. The Morgan fingerprint density at radius 2 is 1.61 bits per heavy atom. The first-order valence-electron chi connectivity index (χ1n) is 12.3. The Morgan fingerprint density at radius 3 is 2.32 bits per heavy atom. The summed E-state index contributed by atoms with van der Waals surface area (Å²) >= 11 is 0. The average molecular weight is 423 g/mol. The maximum Gasteiger partial charge on any atom is 0.220 e. The molecule has 0 saturated heterocycles. The van der Waals surface area contributed by atoms with Gasteiger partial charge < -0.3 is 5.11 Å². The van der Waals surface area contributed by atoms with E-state index in [4.69, 9.17) is 0 Å². The zero-order chi connectivity index (χ0) is 22.6. The molecule has 3 heteroatoms. The number of ketones is 2. The Labute approximate surface area is 187 Å². The van der Waals surface area contributed by atoms with Gasteiger partial charge in [-0.1, -0.05) is 41.0 Å². The maximum atomic E-state index is 13.8. The highest BCUT2D eigenvalue weighted by atomic mass is 16.3. The van der Waals surface area contributed by atoms with Crippen LogP contribution in [0.2, 0.25) is 0 Å². The molecule has 0 aromatic rings. The van der Waals surface area contributed by atoms with E-state index < -0.39 is 0 Å². The van der Waals surface area contributed by atoms with Crippen molar-refractivity contribution in [2.45, 2.75) is 86.5 Å². The summed E-state index contributed by atoms with van der Waals surface area (Å²) < 4.78 is 0. The number of allylic oxidation sites excluding steroid dienone is 5. The van der Waals surface area contributed by atoms with E-state index in [2.05, 4.69) is 34.6 Å². The lowest BCUT2D eigenvalue weighted by molar-refractivity contribution is -0.206. The number of rotatable bonds is 0. The number of aliphatic hydroxyl groups excluding tert-OH is 1. The van der Waals surface area contributed by atoms with E-state index in [9.17, 15) is 14.7 Å². The zero-order valence-electron chi connectivity index (χ0n) is 20.1. The smallest absolute Gasteiger partial charge is 0.220 e. The van der Waals surface area contributed by atoms with E-state index in [1.54, 1.807) is 19.1 Å². The van der Waals surface area contributed by atoms with Crippen molar-refractivity contribution in [3.63, 3.8) is 0 Å². The van der Waals surface area contributed by atoms with Gasteiger partial charge in [0.05, 0.1) is 0 Å². The highest BCUT2D eigenvalue weighted by Crippen LogP contribution is 2.75. The molecule has 5 aliphatic rings. The predicted molar refractivity (Wildman–Crippen MR) is 122 cm³/mol. The quantitative estimate of drug-likeness (QED) is 0.485. The minimum atomic E-state index is -0.346. The molecule has 5 rings (SSSR count). The van der Waals surface area contributed by atoms with Crippen LogP contribution in [0.15, 0.2) is 34.6 Å². The van der Waals surface area contributed by atoms with Crippen molar-refractivity contribution >= 4 is 11.6 Å². The van der Waals surface area contributed by atoms with Crippen molar-refractivity contribution in [1.29, 1.82) is 0 Å². The van der Waals surface area contributed by atoms with Gasteiger partial charge in [0.2, 0.25) is 5.78 Å². The molecule has 0 amide bonds. The summed E-state index contributed by atoms with van der Waals surface area (Å²) in [5.41, 5.74) is 2.43. The van der Waals surface area contributed by atoms with Crippen molar-refractivity contribution < 1.29 is 14.7 Å². The second kappa shape index (κ2) is 6.23. The lowest BCUT2D eigenvalue weighted by Gasteiger charge is -2.70. The van der Waals surface area contributed by atoms with E-state index in [0.717, 1.165) is 36.3 Å². The minimum absolute atomic E-state index is 0.0820.